The van der Waals surface area contributed by atoms with Gasteiger partial charge in [-0.15, -0.1) is 0 Å². The van der Waals surface area contributed by atoms with E-state index in [-0.39, 0.29) is 0 Å². The third-order valence-corrected chi connectivity index (χ3v) is 2.42. The largest absolute Gasteiger partial charge is 0.308 e. The molecule has 0 saturated heterocycles. The van der Waals surface area contributed by atoms with E-state index < -0.39 is 0 Å². The van der Waals surface area contributed by atoms with Gasteiger partial charge in [0, 0.05) is 6.21 Å². The lowest BCUT2D eigenvalue weighted by molar-refractivity contribution is 0.831. The molecule has 1 saturated carbocycles. The minimum absolute atomic E-state index is 0.908. The van der Waals surface area contributed by atoms with Crippen LogP contribution in [0.2, 0.25) is 0 Å². The van der Waals surface area contributed by atoms with Gasteiger partial charge in [-0.3, -0.25) is 0 Å². The van der Waals surface area contributed by atoms with E-state index in [9.17, 15) is 0 Å². The number of benzene rings is 1. The molecule has 0 spiro atoms. The fourth-order valence-corrected chi connectivity index (χ4v) is 1.49. The lowest BCUT2D eigenvalue weighted by Gasteiger charge is -2.02. The smallest absolute Gasteiger partial charge is 0.0253 e. The van der Waals surface area contributed by atoms with E-state index in [1.54, 1.807) is 0 Å². The minimum atomic E-state index is 0.908. The van der Waals surface area contributed by atoms with Gasteiger partial charge in [0.2, 0.25) is 0 Å². The van der Waals surface area contributed by atoms with Crippen molar-refractivity contribution >= 4 is 6.21 Å². The molecule has 12 heavy (non-hydrogen) atoms. The van der Waals surface area contributed by atoms with Gasteiger partial charge in [-0.05, 0) is 36.3 Å². The summed E-state index contributed by atoms with van der Waals surface area (Å²) in [5.74, 6) is 0.908. The molecule has 0 aromatic heterocycles. The standard InChI is InChI=1S/C11H13N/c12-8-11-4-2-1-3-10(11)7-9-5-6-9/h1-4,8-9,12H,5-7H2. The number of nitrogens with one attached hydrogen (secondary N) is 1. The van der Waals surface area contributed by atoms with Crippen molar-refractivity contribution in [2.75, 3.05) is 0 Å². The molecule has 0 aliphatic heterocycles. The average molecular weight is 159 g/mol. The second-order valence-electron chi connectivity index (χ2n) is 3.49. The van der Waals surface area contributed by atoms with Crippen LogP contribution in [-0.4, -0.2) is 6.21 Å². The molecular weight excluding hydrogens is 146 g/mol. The van der Waals surface area contributed by atoms with Gasteiger partial charge >= 0.3 is 0 Å². The zero-order valence-electron chi connectivity index (χ0n) is 7.09. The second-order valence-corrected chi connectivity index (χ2v) is 3.49. The van der Waals surface area contributed by atoms with Gasteiger partial charge in [-0.2, -0.15) is 0 Å². The molecule has 0 amide bonds. The highest BCUT2D eigenvalue weighted by atomic mass is 14.3. The van der Waals surface area contributed by atoms with Gasteiger partial charge < -0.3 is 5.41 Å². The summed E-state index contributed by atoms with van der Waals surface area (Å²) in [7, 11) is 0. The number of hydrogen-bond acceptors (Lipinski definition) is 1. The Kier molecular flexibility index (Phi) is 1.94. The molecule has 0 radical (unpaired) electrons. The third kappa shape index (κ3) is 1.55. The van der Waals surface area contributed by atoms with Crippen molar-refractivity contribution in [3.63, 3.8) is 0 Å². The van der Waals surface area contributed by atoms with Gasteiger partial charge in [0.05, 0.1) is 0 Å². The Labute approximate surface area is 72.9 Å². The monoisotopic (exact) mass is 159 g/mol. The summed E-state index contributed by atoms with van der Waals surface area (Å²) in [5, 5.41) is 7.22. The first-order valence-corrected chi connectivity index (χ1v) is 4.48. The Balaban J connectivity index is 2.20. The van der Waals surface area contributed by atoms with E-state index in [2.05, 4.69) is 12.1 Å². The van der Waals surface area contributed by atoms with E-state index in [4.69, 9.17) is 5.41 Å². The topological polar surface area (TPSA) is 23.9 Å². The number of rotatable bonds is 3. The van der Waals surface area contributed by atoms with E-state index in [1.165, 1.54) is 31.0 Å². The van der Waals surface area contributed by atoms with E-state index in [0.717, 1.165) is 11.5 Å². The van der Waals surface area contributed by atoms with Crippen LogP contribution in [0.1, 0.15) is 24.0 Å². The molecule has 0 atom stereocenters. The Morgan fingerprint density at radius 2 is 2.08 bits per heavy atom. The van der Waals surface area contributed by atoms with E-state index >= 15 is 0 Å². The maximum Gasteiger partial charge on any atom is 0.0253 e. The van der Waals surface area contributed by atoms with Crippen molar-refractivity contribution in [3.8, 4) is 0 Å². The summed E-state index contributed by atoms with van der Waals surface area (Å²) in [4.78, 5) is 0. The Morgan fingerprint density at radius 1 is 1.33 bits per heavy atom. The van der Waals surface area contributed by atoms with Crippen LogP contribution in [0.25, 0.3) is 0 Å². The molecule has 0 bridgehead atoms. The highest BCUT2D eigenvalue weighted by Crippen LogP contribution is 2.33. The van der Waals surface area contributed by atoms with Crippen LogP contribution in [0.5, 0.6) is 0 Å². The summed E-state index contributed by atoms with van der Waals surface area (Å²) in [6.07, 6.45) is 5.39. The fraction of sp³-hybridized carbons (Fsp3) is 0.364. The molecule has 62 valence electrons. The predicted octanol–water partition coefficient (Wildman–Crippen LogP) is 2.64. The van der Waals surface area contributed by atoms with Gasteiger partial charge in [0.1, 0.15) is 0 Å². The normalized spacial score (nSPS) is 16.0. The first-order valence-electron chi connectivity index (χ1n) is 4.48. The van der Waals surface area contributed by atoms with Gasteiger partial charge in [0.25, 0.3) is 0 Å². The van der Waals surface area contributed by atoms with Crippen molar-refractivity contribution < 1.29 is 0 Å². The molecule has 1 nitrogen and oxygen atoms in total. The first kappa shape index (κ1) is 7.53. The SMILES string of the molecule is N=Cc1ccccc1CC1CC1. The molecule has 1 aromatic rings. The summed E-state index contributed by atoms with van der Waals surface area (Å²) in [6.45, 7) is 0. The average Bonchev–Trinajstić information content (AvgIpc) is 2.89. The van der Waals surface area contributed by atoms with Crippen molar-refractivity contribution in [1.29, 1.82) is 5.41 Å². The van der Waals surface area contributed by atoms with Crippen molar-refractivity contribution in [3.05, 3.63) is 35.4 Å². The molecule has 1 N–H and O–H groups in total. The highest BCUT2D eigenvalue weighted by molar-refractivity contribution is 5.79. The molecule has 1 aliphatic rings. The number of hydrogen-bond donors (Lipinski definition) is 1. The van der Waals surface area contributed by atoms with Crippen LogP contribution in [-0.2, 0) is 6.42 Å². The van der Waals surface area contributed by atoms with Crippen LogP contribution in [0.3, 0.4) is 0 Å². The molecule has 0 unspecified atom stereocenters. The zero-order chi connectivity index (χ0) is 8.39. The quantitative estimate of drug-likeness (QED) is 0.655. The van der Waals surface area contributed by atoms with Crippen molar-refractivity contribution in [2.45, 2.75) is 19.3 Å². The molecule has 2 rings (SSSR count). The fourth-order valence-electron chi connectivity index (χ4n) is 1.49. The molecule has 0 heterocycles. The second kappa shape index (κ2) is 3.10. The van der Waals surface area contributed by atoms with Crippen LogP contribution >= 0.6 is 0 Å². The van der Waals surface area contributed by atoms with Crippen molar-refractivity contribution in [1.82, 2.24) is 0 Å². The molecular formula is C11H13N. The van der Waals surface area contributed by atoms with Gasteiger partial charge in [-0.25, -0.2) is 0 Å². The Morgan fingerprint density at radius 3 is 2.75 bits per heavy atom. The molecule has 1 aromatic carbocycles. The van der Waals surface area contributed by atoms with E-state index in [1.807, 2.05) is 12.1 Å². The van der Waals surface area contributed by atoms with Crippen LogP contribution < -0.4 is 0 Å². The maximum atomic E-state index is 7.22. The molecule has 1 aliphatic carbocycles. The highest BCUT2D eigenvalue weighted by Gasteiger charge is 2.21. The first-order chi connectivity index (χ1) is 5.90. The van der Waals surface area contributed by atoms with Gasteiger partial charge in [-0.1, -0.05) is 24.3 Å². The van der Waals surface area contributed by atoms with E-state index in [0.29, 0.717) is 0 Å². The molecule has 1 fully saturated rings. The predicted molar refractivity (Wildman–Crippen MR) is 50.8 cm³/mol. The van der Waals surface area contributed by atoms with Gasteiger partial charge in [0.15, 0.2) is 0 Å². The van der Waals surface area contributed by atoms with Crippen LogP contribution in [0.15, 0.2) is 24.3 Å². The summed E-state index contributed by atoms with van der Waals surface area (Å²) < 4.78 is 0. The Bertz CT molecular complexity index is 287. The van der Waals surface area contributed by atoms with Crippen LogP contribution in [0, 0.1) is 11.3 Å². The zero-order valence-corrected chi connectivity index (χ0v) is 7.09. The summed E-state index contributed by atoms with van der Waals surface area (Å²) in [5.41, 5.74) is 2.43. The maximum absolute atomic E-state index is 7.22. The lowest BCUT2D eigenvalue weighted by atomic mass is 10.0. The third-order valence-electron chi connectivity index (χ3n) is 2.42. The molecule has 1 heteroatoms. The Hall–Kier alpha value is -1.11. The summed E-state index contributed by atoms with van der Waals surface area (Å²) in [6, 6.07) is 8.21. The summed E-state index contributed by atoms with van der Waals surface area (Å²) >= 11 is 0. The van der Waals surface area contributed by atoms with Crippen molar-refractivity contribution in [2.24, 2.45) is 5.92 Å². The van der Waals surface area contributed by atoms with Crippen LogP contribution in [0.4, 0.5) is 0 Å². The minimum Gasteiger partial charge on any atom is -0.308 e. The lowest BCUT2D eigenvalue weighted by Crippen LogP contribution is -1.93.